The predicted molar refractivity (Wildman–Crippen MR) is 40.9 cm³/mol. The van der Waals surface area contributed by atoms with E-state index in [2.05, 4.69) is 6.92 Å². The van der Waals surface area contributed by atoms with Crippen LogP contribution in [-0.4, -0.2) is 5.84 Å². The lowest BCUT2D eigenvalue weighted by Gasteiger charge is -1.95. The number of hydrogen-bond donors (Lipinski definition) is 2. The minimum atomic E-state index is -0.0370. The summed E-state index contributed by atoms with van der Waals surface area (Å²) < 4.78 is 0. The molecule has 0 aromatic heterocycles. The highest BCUT2D eigenvalue weighted by molar-refractivity contribution is 5.85. The number of halogens is 2. The van der Waals surface area contributed by atoms with Gasteiger partial charge < -0.3 is 5.73 Å². The summed E-state index contributed by atoms with van der Waals surface area (Å²) in [4.78, 5) is 0. The van der Waals surface area contributed by atoms with Gasteiger partial charge in [-0.2, -0.15) is 0 Å². The van der Waals surface area contributed by atoms with E-state index in [0.717, 1.165) is 0 Å². The molecule has 3 N–H and O–H groups in total. The Hall–Kier alpha value is 0.0500. The van der Waals surface area contributed by atoms with Crippen LogP contribution in [0.4, 0.5) is 0 Å². The van der Waals surface area contributed by atoms with Crippen molar-refractivity contribution >= 4 is 30.6 Å². The predicted octanol–water partition coefficient (Wildman–Crippen LogP) is 1.24. The Kier molecular flexibility index (Phi) is 13.8. The van der Waals surface area contributed by atoms with Gasteiger partial charge in [0.2, 0.25) is 0 Å². The number of amidine groups is 1. The molecular formula is C4H11Cl2N2. The SMILES string of the molecule is Cl.Cl.[CH2]C(C)C(=N)N. The van der Waals surface area contributed by atoms with Gasteiger partial charge in [0.05, 0.1) is 5.84 Å². The van der Waals surface area contributed by atoms with Gasteiger partial charge in [-0.1, -0.05) is 6.92 Å². The van der Waals surface area contributed by atoms with Crippen molar-refractivity contribution in [2.45, 2.75) is 6.92 Å². The average Bonchev–Trinajstić information content (AvgIpc) is 1.36. The van der Waals surface area contributed by atoms with Gasteiger partial charge in [-0.25, -0.2) is 0 Å². The zero-order chi connectivity index (χ0) is 5.15. The Balaban J connectivity index is -0.000000125. The first kappa shape index (κ1) is 15.7. The first-order valence-corrected chi connectivity index (χ1v) is 1.81. The van der Waals surface area contributed by atoms with Crippen LogP contribution in [0.25, 0.3) is 0 Å². The number of rotatable bonds is 1. The highest BCUT2D eigenvalue weighted by Crippen LogP contribution is 1.84. The zero-order valence-electron chi connectivity index (χ0n) is 4.68. The fourth-order valence-corrected chi connectivity index (χ4v) is 0. The third-order valence-corrected chi connectivity index (χ3v) is 0.531. The van der Waals surface area contributed by atoms with E-state index in [9.17, 15) is 0 Å². The summed E-state index contributed by atoms with van der Waals surface area (Å²) in [6.07, 6.45) is 0. The molecule has 4 heteroatoms. The summed E-state index contributed by atoms with van der Waals surface area (Å²) in [5.41, 5.74) is 4.96. The summed E-state index contributed by atoms with van der Waals surface area (Å²) in [5.74, 6) is 0.111. The van der Waals surface area contributed by atoms with E-state index >= 15 is 0 Å². The van der Waals surface area contributed by atoms with E-state index in [1.807, 2.05) is 0 Å². The Morgan fingerprint density at radius 1 is 1.62 bits per heavy atom. The number of hydrogen-bond acceptors (Lipinski definition) is 1. The van der Waals surface area contributed by atoms with E-state index < -0.39 is 0 Å². The smallest absolute Gasteiger partial charge is 0.0934 e. The maximum absolute atomic E-state index is 6.66. The van der Waals surface area contributed by atoms with Gasteiger partial charge in [0.15, 0.2) is 0 Å². The molecule has 0 aromatic rings. The fourth-order valence-electron chi connectivity index (χ4n) is 0. The lowest BCUT2D eigenvalue weighted by atomic mass is 10.2. The van der Waals surface area contributed by atoms with Crippen molar-refractivity contribution < 1.29 is 0 Å². The normalized spacial score (nSPS) is 6.88. The van der Waals surface area contributed by atoms with E-state index in [0.29, 0.717) is 0 Å². The van der Waals surface area contributed by atoms with Crippen molar-refractivity contribution in [2.24, 2.45) is 11.7 Å². The fraction of sp³-hybridized carbons (Fsp3) is 0.500. The zero-order valence-corrected chi connectivity index (χ0v) is 6.31. The molecule has 0 saturated heterocycles. The Morgan fingerprint density at radius 3 is 1.75 bits per heavy atom. The highest BCUT2D eigenvalue weighted by atomic mass is 35.5. The second kappa shape index (κ2) is 7.05. The topological polar surface area (TPSA) is 49.9 Å². The second-order valence-electron chi connectivity index (χ2n) is 1.36. The quantitative estimate of drug-likeness (QED) is 0.437. The number of nitrogens with one attached hydrogen (secondary N) is 1. The minimum absolute atomic E-state index is 0. The molecule has 0 fully saturated rings. The molecule has 0 aromatic carbocycles. The minimum Gasteiger partial charge on any atom is -0.387 e. The van der Waals surface area contributed by atoms with Crippen molar-refractivity contribution in [1.82, 2.24) is 0 Å². The molecule has 0 bridgehead atoms. The van der Waals surface area contributed by atoms with E-state index in [4.69, 9.17) is 11.1 Å². The Morgan fingerprint density at radius 2 is 1.75 bits per heavy atom. The molecule has 1 radical (unpaired) electrons. The van der Waals surface area contributed by atoms with Gasteiger partial charge in [-0.05, 0) is 6.92 Å². The van der Waals surface area contributed by atoms with E-state index in [1.54, 1.807) is 6.92 Å². The molecule has 1 unspecified atom stereocenters. The van der Waals surface area contributed by atoms with Crippen LogP contribution in [0.5, 0.6) is 0 Å². The highest BCUT2D eigenvalue weighted by Gasteiger charge is 1.91. The summed E-state index contributed by atoms with van der Waals surface area (Å²) in [6, 6.07) is 0. The first-order chi connectivity index (χ1) is 2.64. The molecule has 0 aliphatic rings. The molecule has 0 aliphatic heterocycles. The van der Waals surface area contributed by atoms with Crippen LogP contribution in [-0.2, 0) is 0 Å². The molecule has 0 amide bonds. The Bertz CT molecular complexity index is 63.1. The molecular weight excluding hydrogens is 147 g/mol. The standard InChI is InChI=1S/C4H9N2.2ClH/c1-3(2)4(5)6;;/h3H,1H2,2H3,(H3,5,6);2*1H. The van der Waals surface area contributed by atoms with Gasteiger partial charge in [-0.3, -0.25) is 5.41 Å². The van der Waals surface area contributed by atoms with Crippen LogP contribution in [0.3, 0.4) is 0 Å². The third-order valence-electron chi connectivity index (χ3n) is 0.531. The van der Waals surface area contributed by atoms with Crippen molar-refractivity contribution in [3.05, 3.63) is 6.92 Å². The Labute approximate surface area is 62.2 Å². The van der Waals surface area contributed by atoms with Gasteiger partial charge >= 0.3 is 0 Å². The molecule has 0 aliphatic carbocycles. The van der Waals surface area contributed by atoms with E-state index in [-0.39, 0.29) is 36.6 Å². The molecule has 2 nitrogen and oxygen atoms in total. The van der Waals surface area contributed by atoms with E-state index in [1.165, 1.54) is 0 Å². The van der Waals surface area contributed by atoms with Crippen molar-refractivity contribution in [3.8, 4) is 0 Å². The van der Waals surface area contributed by atoms with Crippen LogP contribution in [0, 0.1) is 18.3 Å². The number of nitrogens with two attached hydrogens (primary N) is 1. The maximum Gasteiger partial charge on any atom is 0.0934 e. The van der Waals surface area contributed by atoms with Gasteiger partial charge in [-0.15, -0.1) is 24.8 Å². The third kappa shape index (κ3) is 9.41. The van der Waals surface area contributed by atoms with Gasteiger partial charge in [0, 0.05) is 5.92 Å². The largest absolute Gasteiger partial charge is 0.387 e. The molecule has 0 spiro atoms. The van der Waals surface area contributed by atoms with Gasteiger partial charge in [0.1, 0.15) is 0 Å². The summed E-state index contributed by atoms with van der Waals surface area (Å²) in [6.45, 7) is 5.27. The molecule has 0 rings (SSSR count). The van der Waals surface area contributed by atoms with Crippen LogP contribution in [0.1, 0.15) is 6.92 Å². The van der Waals surface area contributed by atoms with Crippen molar-refractivity contribution in [2.75, 3.05) is 0 Å². The maximum atomic E-state index is 6.66. The molecule has 8 heavy (non-hydrogen) atoms. The summed E-state index contributed by atoms with van der Waals surface area (Å²) in [5, 5.41) is 6.66. The van der Waals surface area contributed by atoms with Crippen LogP contribution in [0.2, 0.25) is 0 Å². The van der Waals surface area contributed by atoms with Crippen LogP contribution in [0.15, 0.2) is 0 Å². The lowest BCUT2D eigenvalue weighted by molar-refractivity contribution is 0.966. The monoisotopic (exact) mass is 157 g/mol. The summed E-state index contributed by atoms with van der Waals surface area (Å²) >= 11 is 0. The van der Waals surface area contributed by atoms with Crippen LogP contribution < -0.4 is 5.73 Å². The van der Waals surface area contributed by atoms with Gasteiger partial charge in [0.25, 0.3) is 0 Å². The first-order valence-electron chi connectivity index (χ1n) is 1.81. The van der Waals surface area contributed by atoms with Crippen molar-refractivity contribution in [3.63, 3.8) is 0 Å². The molecule has 0 saturated carbocycles. The molecule has 51 valence electrons. The second-order valence-corrected chi connectivity index (χ2v) is 1.36. The molecule has 1 atom stereocenters. The lowest BCUT2D eigenvalue weighted by Crippen LogP contribution is -2.16. The van der Waals surface area contributed by atoms with Crippen LogP contribution >= 0.6 is 24.8 Å². The average molecular weight is 158 g/mol. The summed E-state index contributed by atoms with van der Waals surface area (Å²) in [7, 11) is 0. The molecule has 0 heterocycles. The van der Waals surface area contributed by atoms with Crippen molar-refractivity contribution in [1.29, 1.82) is 5.41 Å².